The maximum Gasteiger partial charge on any atom is 0.251 e. The van der Waals surface area contributed by atoms with E-state index in [1.165, 1.54) is 0 Å². The number of nitrogens with zero attached hydrogens (tertiary/aromatic N) is 6. The molecule has 0 radical (unpaired) electrons. The Morgan fingerprint density at radius 1 is 0.451 bits per heavy atom. The van der Waals surface area contributed by atoms with E-state index in [0.29, 0.717) is 156 Å². The molecule has 0 unspecified atom stereocenters. The van der Waals surface area contributed by atoms with Gasteiger partial charge in [0.15, 0.2) is 0 Å². The molecule has 71 heavy (non-hydrogen) atoms. The van der Waals surface area contributed by atoms with Crippen LogP contribution in [0.25, 0.3) is 20.9 Å². The van der Waals surface area contributed by atoms with E-state index < -0.39 is 6.04 Å². The summed E-state index contributed by atoms with van der Waals surface area (Å²) in [6.07, 6.45) is 0.943. The van der Waals surface area contributed by atoms with E-state index in [9.17, 15) is 24.0 Å². The van der Waals surface area contributed by atoms with Crippen molar-refractivity contribution in [1.82, 2.24) is 21.3 Å². The van der Waals surface area contributed by atoms with Gasteiger partial charge in [-0.3, -0.25) is 24.0 Å². The van der Waals surface area contributed by atoms with Crippen LogP contribution in [0.15, 0.2) is 34.5 Å². The van der Waals surface area contributed by atoms with Crippen LogP contribution in [0.3, 0.4) is 0 Å². The second-order valence-electron chi connectivity index (χ2n) is 14.4. The molecule has 0 heterocycles. The first-order chi connectivity index (χ1) is 34.9. The summed E-state index contributed by atoms with van der Waals surface area (Å²) < 4.78 is 65.5. The minimum atomic E-state index is -0.567. The highest BCUT2D eigenvalue weighted by atomic mass is 16.6. The van der Waals surface area contributed by atoms with Crippen LogP contribution in [0.5, 0.6) is 0 Å². The van der Waals surface area contributed by atoms with Crippen LogP contribution in [-0.4, -0.2) is 227 Å². The Morgan fingerprint density at radius 2 is 0.789 bits per heavy atom. The average Bonchev–Trinajstić information content (AvgIpc) is 3.37. The third kappa shape index (κ3) is 43.4. The van der Waals surface area contributed by atoms with Crippen LogP contribution in [0, 0.1) is 0 Å². The molecule has 4 amide bonds. The zero-order valence-corrected chi connectivity index (χ0v) is 40.7. The Morgan fingerprint density at radius 3 is 1.18 bits per heavy atom. The van der Waals surface area contributed by atoms with Gasteiger partial charge in [-0.2, -0.15) is 0 Å². The van der Waals surface area contributed by atoms with E-state index in [-0.39, 0.29) is 95.6 Å². The van der Waals surface area contributed by atoms with Gasteiger partial charge in [0.2, 0.25) is 17.7 Å². The van der Waals surface area contributed by atoms with Crippen molar-refractivity contribution in [3.05, 3.63) is 56.3 Å². The summed E-state index contributed by atoms with van der Waals surface area (Å²) in [5.74, 6) is -1.02. The highest BCUT2D eigenvalue weighted by Crippen LogP contribution is 2.02. The quantitative estimate of drug-likeness (QED) is 0.0232. The number of hydrogen-bond acceptors (Lipinski definition) is 19. The molecule has 1 aromatic carbocycles. The van der Waals surface area contributed by atoms with Crippen molar-refractivity contribution in [2.75, 3.05) is 191 Å². The molecule has 0 bridgehead atoms. The molecule has 0 spiro atoms. The first kappa shape index (κ1) is 63.9. The smallest absolute Gasteiger partial charge is 0.251 e. The normalized spacial score (nSPS) is 11.3. The highest BCUT2D eigenvalue weighted by Gasteiger charge is 2.15. The van der Waals surface area contributed by atoms with Crippen LogP contribution in [0.2, 0.25) is 0 Å². The number of rotatable bonds is 52. The molecule has 0 aliphatic heterocycles. The highest BCUT2D eigenvalue weighted by molar-refractivity contribution is 5.94. The van der Waals surface area contributed by atoms with Gasteiger partial charge in [-0.05, 0) is 23.2 Å². The van der Waals surface area contributed by atoms with E-state index in [2.05, 4.69) is 41.3 Å². The van der Waals surface area contributed by atoms with Crippen molar-refractivity contribution in [2.24, 2.45) is 10.2 Å². The van der Waals surface area contributed by atoms with Gasteiger partial charge in [0, 0.05) is 72.9 Å². The van der Waals surface area contributed by atoms with Crippen LogP contribution in [-0.2, 0) is 71.2 Å². The third-order valence-corrected chi connectivity index (χ3v) is 8.80. The summed E-state index contributed by atoms with van der Waals surface area (Å²) >= 11 is 0. The van der Waals surface area contributed by atoms with Gasteiger partial charge >= 0.3 is 0 Å². The molecule has 0 aromatic heterocycles. The van der Waals surface area contributed by atoms with Gasteiger partial charge in [-0.15, -0.1) is 0 Å². The summed E-state index contributed by atoms with van der Waals surface area (Å²) in [5.41, 5.74) is 17.4. The molecular weight excluding hydrogens is 941 g/mol. The maximum atomic E-state index is 12.8. The number of carbonyl (C=O) groups is 5. The molecule has 0 fully saturated rings. The lowest BCUT2D eigenvalue weighted by Crippen LogP contribution is -2.42. The first-order valence-electron chi connectivity index (χ1n) is 23.5. The minimum Gasteiger partial charge on any atom is -0.379 e. The SMILES string of the molecule is [N-]=[N+]=NCCOCCOCCOCCNC(=O)CCOCC(COCCC(=O)NCCOCCOCCOCCN=[N+]=[N-])NC(=O)CCOCCOCCOCCOCCNC(=O)c1ccc(C=O)cc1. The largest absolute Gasteiger partial charge is 0.379 e. The van der Waals surface area contributed by atoms with Crippen LogP contribution in [0.1, 0.15) is 40.0 Å². The number of carbonyl (C=O) groups excluding carboxylic acids is 5. The molecule has 402 valence electrons. The number of aldehydes is 1. The second kappa shape index (κ2) is 49.9. The number of ether oxygens (including phenoxy) is 12. The van der Waals surface area contributed by atoms with Gasteiger partial charge in [0.05, 0.1) is 165 Å². The fraction of sp³-hybridized carbons (Fsp3) is 0.750. The Labute approximate surface area is 414 Å². The molecule has 0 atom stereocenters. The predicted molar refractivity (Wildman–Crippen MR) is 254 cm³/mol. The van der Waals surface area contributed by atoms with Crippen molar-refractivity contribution >= 4 is 29.9 Å². The van der Waals surface area contributed by atoms with Gasteiger partial charge in [-0.1, -0.05) is 22.4 Å². The lowest BCUT2D eigenvalue weighted by molar-refractivity contribution is -0.126. The molecule has 4 N–H and O–H groups in total. The van der Waals surface area contributed by atoms with E-state index in [0.717, 1.165) is 0 Å². The number of nitrogens with one attached hydrogen (secondary N) is 4. The Kier molecular flexibility index (Phi) is 44.9. The zero-order chi connectivity index (χ0) is 51.3. The summed E-state index contributed by atoms with van der Waals surface area (Å²) in [5, 5.41) is 17.8. The second-order valence-corrected chi connectivity index (χ2v) is 14.4. The topological polar surface area (TPSA) is 342 Å². The van der Waals surface area contributed by atoms with Gasteiger partial charge < -0.3 is 78.1 Å². The fourth-order valence-electron chi connectivity index (χ4n) is 5.28. The maximum absolute atomic E-state index is 12.8. The van der Waals surface area contributed by atoms with Crippen molar-refractivity contribution in [2.45, 2.75) is 25.3 Å². The van der Waals surface area contributed by atoms with E-state index in [4.69, 9.17) is 67.9 Å². The number of hydrogen-bond donors (Lipinski definition) is 4. The molecular formula is C44H74N10O17. The van der Waals surface area contributed by atoms with E-state index in [1.807, 2.05) is 0 Å². The molecule has 27 nitrogen and oxygen atoms in total. The third-order valence-electron chi connectivity index (χ3n) is 8.80. The van der Waals surface area contributed by atoms with Gasteiger partial charge in [-0.25, -0.2) is 0 Å². The van der Waals surface area contributed by atoms with Gasteiger partial charge in [0.25, 0.3) is 5.91 Å². The number of azide groups is 2. The first-order valence-corrected chi connectivity index (χ1v) is 23.5. The molecule has 0 saturated heterocycles. The van der Waals surface area contributed by atoms with Crippen LogP contribution < -0.4 is 21.3 Å². The lowest BCUT2D eigenvalue weighted by Gasteiger charge is -2.19. The van der Waals surface area contributed by atoms with E-state index >= 15 is 0 Å². The monoisotopic (exact) mass is 1010 g/mol. The predicted octanol–water partition coefficient (Wildman–Crippen LogP) is 0.936. The molecule has 27 heteroatoms. The number of amides is 4. The Hall–Kier alpha value is -5.09. The standard InChI is InChI=1S/C44H74N10O17/c45-53-50-11-19-64-25-31-67-28-22-61-16-8-47-41(56)5-14-70-36-40(37-71-15-6-42(57)48-9-17-62-23-29-68-32-26-65-20-12-51-54-46)52-43(58)7-13-60-21-27-66-33-34-69-30-24-63-18-10-49-44(59)39-3-1-38(35-55)2-4-39/h1-4,35,40H,5-34,36-37H2,(H,47,56)(H,48,57)(H,49,59)(H,52,58). The zero-order valence-electron chi connectivity index (χ0n) is 40.7. The summed E-state index contributed by atoms with van der Waals surface area (Å²) in [7, 11) is 0. The molecule has 1 aromatic rings. The van der Waals surface area contributed by atoms with Crippen molar-refractivity contribution in [3.8, 4) is 0 Å². The van der Waals surface area contributed by atoms with Crippen LogP contribution in [0.4, 0.5) is 0 Å². The molecule has 0 aliphatic carbocycles. The van der Waals surface area contributed by atoms with Crippen molar-refractivity contribution in [3.63, 3.8) is 0 Å². The van der Waals surface area contributed by atoms with Crippen molar-refractivity contribution in [1.29, 1.82) is 0 Å². The Balaban J connectivity index is 2.23. The average molecular weight is 1020 g/mol. The summed E-state index contributed by atoms with van der Waals surface area (Å²) in [4.78, 5) is 65.5. The summed E-state index contributed by atoms with van der Waals surface area (Å²) in [6, 6.07) is 5.75. The van der Waals surface area contributed by atoms with Crippen molar-refractivity contribution < 1.29 is 80.8 Å². The fourth-order valence-corrected chi connectivity index (χ4v) is 5.28. The molecule has 0 aliphatic rings. The van der Waals surface area contributed by atoms with E-state index in [1.54, 1.807) is 24.3 Å². The molecule has 1 rings (SSSR count). The Bertz CT molecular complexity index is 1550. The summed E-state index contributed by atoms with van der Waals surface area (Å²) in [6.45, 7) is 8.33. The number of benzene rings is 1. The van der Waals surface area contributed by atoms with Gasteiger partial charge in [0.1, 0.15) is 6.29 Å². The lowest BCUT2D eigenvalue weighted by atomic mass is 10.1. The molecule has 0 saturated carbocycles. The van der Waals surface area contributed by atoms with Crippen LogP contribution >= 0.6 is 0 Å². The minimum absolute atomic E-state index is 0.0557.